The number of carbonyl (C=O) groups excluding carboxylic acids is 1. The van der Waals surface area contributed by atoms with E-state index in [0.717, 1.165) is 0 Å². The van der Waals surface area contributed by atoms with Crippen LogP contribution in [0, 0.1) is 5.92 Å². The number of amides is 1. The third-order valence-electron chi connectivity index (χ3n) is 4.00. The topological polar surface area (TPSA) is 113 Å². The van der Waals surface area contributed by atoms with Gasteiger partial charge in [0, 0.05) is 18.8 Å². The van der Waals surface area contributed by atoms with Gasteiger partial charge in [0.25, 0.3) is 0 Å². The Bertz CT molecular complexity index is 717. The molecule has 1 fully saturated rings. The number of carboxylic acids is 1. The second-order valence-corrected chi connectivity index (χ2v) is 8.05. The second-order valence-electron chi connectivity index (χ2n) is 5.79. The molecule has 1 unspecified atom stereocenters. The van der Waals surface area contributed by atoms with Gasteiger partial charge in [-0.1, -0.05) is 0 Å². The predicted molar refractivity (Wildman–Crippen MR) is 92.0 cm³/mol. The Morgan fingerprint density at radius 2 is 2.00 bits per heavy atom. The van der Waals surface area contributed by atoms with Gasteiger partial charge in [-0.25, -0.2) is 17.5 Å². The van der Waals surface area contributed by atoms with Crippen molar-refractivity contribution >= 4 is 27.6 Å². The normalized spacial score (nSPS) is 18.5. The number of aliphatic carboxylic acids is 1. The van der Waals surface area contributed by atoms with Crippen molar-refractivity contribution in [3.63, 3.8) is 0 Å². The molecule has 0 bridgehead atoms. The zero-order chi connectivity index (χ0) is 18.4. The minimum Gasteiger partial charge on any atom is -0.482 e. The van der Waals surface area contributed by atoms with E-state index in [2.05, 4.69) is 5.32 Å². The van der Waals surface area contributed by atoms with Crippen LogP contribution >= 0.6 is 0 Å². The molecule has 1 aromatic carbocycles. The molecule has 8 nitrogen and oxygen atoms in total. The molecule has 25 heavy (non-hydrogen) atoms. The van der Waals surface area contributed by atoms with E-state index in [1.54, 1.807) is 31.2 Å². The van der Waals surface area contributed by atoms with Gasteiger partial charge in [0.05, 0.1) is 11.7 Å². The van der Waals surface area contributed by atoms with Gasteiger partial charge in [-0.3, -0.25) is 4.79 Å². The molecule has 0 spiro atoms. The number of ether oxygens (including phenoxy) is 1. The number of carboxylic acid groups (broad SMARTS) is 1. The van der Waals surface area contributed by atoms with Crippen molar-refractivity contribution < 1.29 is 27.9 Å². The van der Waals surface area contributed by atoms with Crippen molar-refractivity contribution in [2.24, 2.45) is 5.92 Å². The molecule has 1 atom stereocenters. The zero-order valence-corrected chi connectivity index (χ0v) is 14.8. The fourth-order valence-electron chi connectivity index (χ4n) is 2.62. The monoisotopic (exact) mass is 370 g/mol. The van der Waals surface area contributed by atoms with Crippen LogP contribution in [0.25, 0.3) is 0 Å². The van der Waals surface area contributed by atoms with Crippen molar-refractivity contribution in [3.05, 3.63) is 24.3 Å². The minimum absolute atomic E-state index is 0.0269. The van der Waals surface area contributed by atoms with Crippen LogP contribution in [0.4, 0.5) is 5.69 Å². The van der Waals surface area contributed by atoms with Crippen molar-refractivity contribution in [1.82, 2.24) is 4.31 Å². The molecule has 1 aromatic rings. The second kappa shape index (κ2) is 8.30. The molecule has 1 heterocycles. The Hall–Kier alpha value is -2.13. The first kappa shape index (κ1) is 19.2. The van der Waals surface area contributed by atoms with E-state index < -0.39 is 28.5 Å². The number of nitrogens with one attached hydrogen (secondary N) is 1. The summed E-state index contributed by atoms with van der Waals surface area (Å²) in [5, 5.41) is 11.3. The number of carbonyl (C=O) groups is 2. The molecule has 2 rings (SSSR count). The van der Waals surface area contributed by atoms with Crippen LogP contribution in [-0.2, 0) is 19.6 Å². The van der Waals surface area contributed by atoms with E-state index in [1.165, 1.54) is 4.31 Å². The van der Waals surface area contributed by atoms with Crippen molar-refractivity contribution in [2.75, 3.05) is 30.8 Å². The van der Waals surface area contributed by atoms with Crippen LogP contribution in [0.1, 0.15) is 19.8 Å². The van der Waals surface area contributed by atoms with E-state index >= 15 is 0 Å². The first-order valence-electron chi connectivity index (χ1n) is 8.05. The van der Waals surface area contributed by atoms with Crippen LogP contribution in [-0.4, -0.2) is 55.2 Å². The SMILES string of the molecule is CCS(=O)(=O)N1CCCC(C(=O)Nc2ccc(OCC(=O)O)cc2)C1. The minimum atomic E-state index is -3.29. The third kappa shape index (κ3) is 5.43. The summed E-state index contributed by atoms with van der Waals surface area (Å²) in [4.78, 5) is 22.8. The maximum absolute atomic E-state index is 12.4. The summed E-state index contributed by atoms with van der Waals surface area (Å²) < 4.78 is 30.3. The van der Waals surface area contributed by atoms with Crippen LogP contribution in [0.3, 0.4) is 0 Å². The fourth-order valence-corrected chi connectivity index (χ4v) is 3.80. The highest BCUT2D eigenvalue weighted by Gasteiger charge is 2.31. The van der Waals surface area contributed by atoms with Gasteiger partial charge in [-0.2, -0.15) is 0 Å². The zero-order valence-electron chi connectivity index (χ0n) is 14.0. The van der Waals surface area contributed by atoms with Gasteiger partial charge >= 0.3 is 5.97 Å². The van der Waals surface area contributed by atoms with Gasteiger partial charge < -0.3 is 15.2 Å². The molecule has 1 aliphatic rings. The van der Waals surface area contributed by atoms with Crippen LogP contribution in [0.15, 0.2) is 24.3 Å². The standard InChI is InChI=1S/C16H22N2O6S/c1-2-25(22,23)18-9-3-4-12(10-18)16(21)17-13-5-7-14(8-6-13)24-11-15(19)20/h5-8,12H,2-4,9-11H2,1H3,(H,17,21)(H,19,20). The number of sulfonamides is 1. The quantitative estimate of drug-likeness (QED) is 0.744. The molecule has 0 aliphatic carbocycles. The summed E-state index contributed by atoms with van der Waals surface area (Å²) >= 11 is 0. The molecule has 1 saturated heterocycles. The predicted octanol–water partition coefficient (Wildman–Crippen LogP) is 1.15. The Kier molecular flexibility index (Phi) is 6.38. The lowest BCUT2D eigenvalue weighted by Crippen LogP contribution is -2.44. The number of piperidine rings is 1. The Labute approximate surface area is 146 Å². The average Bonchev–Trinajstić information content (AvgIpc) is 2.61. The van der Waals surface area contributed by atoms with Crippen LogP contribution in [0.5, 0.6) is 5.75 Å². The number of nitrogens with zero attached hydrogens (tertiary/aromatic N) is 1. The summed E-state index contributed by atoms with van der Waals surface area (Å²) in [5.74, 6) is -1.27. The maximum atomic E-state index is 12.4. The summed E-state index contributed by atoms with van der Waals surface area (Å²) in [5.41, 5.74) is 0.545. The molecule has 1 amide bonds. The van der Waals surface area contributed by atoms with Crippen molar-refractivity contribution in [3.8, 4) is 5.75 Å². The maximum Gasteiger partial charge on any atom is 0.341 e. The summed E-state index contributed by atoms with van der Waals surface area (Å²) in [6.45, 7) is 1.81. The Morgan fingerprint density at radius 3 is 2.60 bits per heavy atom. The van der Waals surface area contributed by atoms with Gasteiger partial charge in [0.2, 0.25) is 15.9 Å². The van der Waals surface area contributed by atoms with Crippen molar-refractivity contribution in [2.45, 2.75) is 19.8 Å². The van der Waals surface area contributed by atoms with Gasteiger partial charge in [-0.15, -0.1) is 0 Å². The van der Waals surface area contributed by atoms with E-state index in [9.17, 15) is 18.0 Å². The molecule has 2 N–H and O–H groups in total. The molecule has 0 aromatic heterocycles. The molecule has 0 saturated carbocycles. The molecule has 0 radical (unpaired) electrons. The number of benzene rings is 1. The largest absolute Gasteiger partial charge is 0.482 e. The molecular formula is C16H22N2O6S. The summed E-state index contributed by atoms with van der Waals surface area (Å²) in [6, 6.07) is 6.34. The lowest BCUT2D eigenvalue weighted by atomic mass is 9.99. The highest BCUT2D eigenvalue weighted by Crippen LogP contribution is 2.22. The number of anilines is 1. The first-order valence-corrected chi connectivity index (χ1v) is 9.66. The molecule has 9 heteroatoms. The molecular weight excluding hydrogens is 348 g/mol. The molecule has 138 valence electrons. The van der Waals surface area contributed by atoms with Crippen LogP contribution < -0.4 is 10.1 Å². The van der Waals surface area contributed by atoms with E-state index in [4.69, 9.17) is 9.84 Å². The molecule has 1 aliphatic heterocycles. The first-order chi connectivity index (χ1) is 11.8. The Morgan fingerprint density at radius 1 is 1.32 bits per heavy atom. The lowest BCUT2D eigenvalue weighted by molar-refractivity contribution is -0.139. The highest BCUT2D eigenvalue weighted by molar-refractivity contribution is 7.89. The van der Waals surface area contributed by atoms with Gasteiger partial charge in [0.15, 0.2) is 6.61 Å². The van der Waals surface area contributed by atoms with Gasteiger partial charge in [0.1, 0.15) is 5.75 Å². The van der Waals surface area contributed by atoms with Crippen LogP contribution in [0.2, 0.25) is 0 Å². The summed E-state index contributed by atoms with van der Waals surface area (Å²) in [7, 11) is -3.29. The lowest BCUT2D eigenvalue weighted by Gasteiger charge is -2.30. The summed E-state index contributed by atoms with van der Waals surface area (Å²) in [6.07, 6.45) is 1.29. The van der Waals surface area contributed by atoms with E-state index in [-0.39, 0.29) is 18.2 Å². The highest BCUT2D eigenvalue weighted by atomic mass is 32.2. The third-order valence-corrected chi connectivity index (χ3v) is 5.85. The fraction of sp³-hybridized carbons (Fsp3) is 0.500. The number of hydrogen-bond donors (Lipinski definition) is 2. The number of hydrogen-bond acceptors (Lipinski definition) is 5. The van der Waals surface area contributed by atoms with E-state index in [1.807, 2.05) is 0 Å². The smallest absolute Gasteiger partial charge is 0.341 e. The Balaban J connectivity index is 1.94. The van der Waals surface area contributed by atoms with Crippen molar-refractivity contribution in [1.29, 1.82) is 0 Å². The number of rotatable bonds is 7. The van der Waals surface area contributed by atoms with E-state index in [0.29, 0.717) is 30.8 Å². The van der Waals surface area contributed by atoms with Gasteiger partial charge in [-0.05, 0) is 44.0 Å². The average molecular weight is 370 g/mol.